The molecule has 1 heterocycles. The number of nitrogens with zero attached hydrogens (tertiary/aromatic N) is 2. The van der Waals surface area contributed by atoms with Gasteiger partial charge in [-0.05, 0) is 40.0 Å². The zero-order valence-corrected chi connectivity index (χ0v) is 13.7. The molecule has 0 fully saturated rings. The molecule has 5 heteroatoms. The van der Waals surface area contributed by atoms with E-state index in [1.54, 1.807) is 0 Å². The first kappa shape index (κ1) is 14.8. The molecule has 3 rings (SSSR count). The molecule has 0 unspecified atom stereocenters. The number of aromatic nitrogens is 2. The summed E-state index contributed by atoms with van der Waals surface area (Å²) in [5.74, 6) is 1.78. The van der Waals surface area contributed by atoms with E-state index in [0.29, 0.717) is 11.7 Å². The van der Waals surface area contributed by atoms with Crippen LogP contribution in [0.4, 0.5) is 0 Å². The average molecular weight is 359 g/mol. The molecular weight excluding hydrogens is 344 g/mol. The number of ether oxygens (including phenoxy) is 1. The van der Waals surface area contributed by atoms with Crippen LogP contribution in [0.15, 0.2) is 57.5 Å². The van der Waals surface area contributed by atoms with Crippen molar-refractivity contribution in [3.8, 4) is 17.1 Å². The van der Waals surface area contributed by atoms with Crippen molar-refractivity contribution < 1.29 is 9.26 Å². The SMILES string of the molecule is CCc1ccc(OCc2nc(-c3ccccc3)no2)c(Br)c1. The van der Waals surface area contributed by atoms with Gasteiger partial charge < -0.3 is 9.26 Å². The first-order valence-electron chi connectivity index (χ1n) is 7.05. The first-order chi connectivity index (χ1) is 10.8. The van der Waals surface area contributed by atoms with Gasteiger partial charge in [-0.1, -0.05) is 48.5 Å². The predicted molar refractivity (Wildman–Crippen MR) is 87.6 cm³/mol. The molecule has 22 heavy (non-hydrogen) atoms. The van der Waals surface area contributed by atoms with Crippen molar-refractivity contribution in [3.05, 3.63) is 64.5 Å². The normalized spacial score (nSPS) is 10.6. The molecule has 1 aromatic heterocycles. The fraction of sp³-hybridized carbons (Fsp3) is 0.176. The van der Waals surface area contributed by atoms with Crippen molar-refractivity contribution in [1.82, 2.24) is 10.1 Å². The third kappa shape index (κ3) is 3.36. The number of halogens is 1. The lowest BCUT2D eigenvalue weighted by atomic mass is 10.2. The number of benzene rings is 2. The van der Waals surface area contributed by atoms with Crippen LogP contribution in [-0.4, -0.2) is 10.1 Å². The molecule has 0 aliphatic carbocycles. The average Bonchev–Trinajstić information content (AvgIpc) is 3.03. The van der Waals surface area contributed by atoms with Crippen molar-refractivity contribution in [2.75, 3.05) is 0 Å². The summed E-state index contributed by atoms with van der Waals surface area (Å²) in [6, 6.07) is 15.7. The Morgan fingerprint density at radius 3 is 2.68 bits per heavy atom. The van der Waals surface area contributed by atoms with E-state index in [1.165, 1.54) is 5.56 Å². The van der Waals surface area contributed by atoms with Crippen molar-refractivity contribution >= 4 is 15.9 Å². The van der Waals surface area contributed by atoms with Gasteiger partial charge in [0.2, 0.25) is 5.82 Å². The van der Waals surface area contributed by atoms with E-state index >= 15 is 0 Å². The first-order valence-corrected chi connectivity index (χ1v) is 7.85. The zero-order valence-electron chi connectivity index (χ0n) is 12.1. The lowest BCUT2D eigenvalue weighted by Crippen LogP contribution is -1.97. The minimum absolute atomic E-state index is 0.240. The van der Waals surface area contributed by atoms with Gasteiger partial charge in [-0.3, -0.25) is 0 Å². The van der Waals surface area contributed by atoms with E-state index in [4.69, 9.17) is 9.26 Å². The van der Waals surface area contributed by atoms with Gasteiger partial charge in [-0.25, -0.2) is 0 Å². The van der Waals surface area contributed by atoms with Gasteiger partial charge in [0.1, 0.15) is 5.75 Å². The molecule has 2 aromatic carbocycles. The van der Waals surface area contributed by atoms with Crippen LogP contribution in [0.25, 0.3) is 11.4 Å². The summed E-state index contributed by atoms with van der Waals surface area (Å²) in [7, 11) is 0. The van der Waals surface area contributed by atoms with Crippen LogP contribution in [-0.2, 0) is 13.0 Å². The van der Waals surface area contributed by atoms with Crippen molar-refractivity contribution in [2.24, 2.45) is 0 Å². The highest BCUT2D eigenvalue weighted by Crippen LogP contribution is 2.27. The summed E-state index contributed by atoms with van der Waals surface area (Å²) >= 11 is 3.51. The molecule has 0 spiro atoms. The van der Waals surface area contributed by atoms with Gasteiger partial charge in [-0.15, -0.1) is 0 Å². The molecule has 0 aliphatic heterocycles. The van der Waals surface area contributed by atoms with Crippen molar-refractivity contribution in [3.63, 3.8) is 0 Å². The van der Waals surface area contributed by atoms with E-state index in [0.717, 1.165) is 22.2 Å². The van der Waals surface area contributed by atoms with E-state index in [-0.39, 0.29) is 6.61 Å². The molecule has 112 valence electrons. The molecule has 0 atom stereocenters. The topological polar surface area (TPSA) is 48.2 Å². The summed E-state index contributed by atoms with van der Waals surface area (Å²) in [4.78, 5) is 4.34. The van der Waals surface area contributed by atoms with Crippen LogP contribution in [0.1, 0.15) is 18.4 Å². The lowest BCUT2D eigenvalue weighted by Gasteiger charge is -2.07. The Kier molecular flexibility index (Phi) is 4.53. The van der Waals surface area contributed by atoms with Gasteiger partial charge in [0.05, 0.1) is 4.47 Å². The second kappa shape index (κ2) is 6.75. The Morgan fingerprint density at radius 2 is 1.95 bits per heavy atom. The number of aryl methyl sites for hydroxylation is 1. The highest BCUT2D eigenvalue weighted by atomic mass is 79.9. The maximum atomic E-state index is 5.73. The smallest absolute Gasteiger partial charge is 0.264 e. The zero-order chi connectivity index (χ0) is 15.4. The van der Waals surface area contributed by atoms with Crippen LogP contribution >= 0.6 is 15.9 Å². The van der Waals surface area contributed by atoms with Crippen LogP contribution in [0, 0.1) is 0 Å². The number of hydrogen-bond acceptors (Lipinski definition) is 4. The third-order valence-corrected chi connectivity index (χ3v) is 3.88. The molecule has 4 nitrogen and oxygen atoms in total. The minimum atomic E-state index is 0.240. The molecule has 0 N–H and O–H groups in total. The molecule has 3 aromatic rings. The van der Waals surface area contributed by atoms with Gasteiger partial charge in [-0.2, -0.15) is 4.98 Å². The van der Waals surface area contributed by atoms with Crippen LogP contribution < -0.4 is 4.74 Å². The molecule has 0 aliphatic rings. The molecule has 0 saturated heterocycles. The third-order valence-electron chi connectivity index (χ3n) is 3.26. The number of rotatable bonds is 5. The molecule has 0 radical (unpaired) electrons. The van der Waals surface area contributed by atoms with E-state index in [2.05, 4.69) is 39.1 Å². The largest absolute Gasteiger partial charge is 0.483 e. The summed E-state index contributed by atoms with van der Waals surface area (Å²) in [5.41, 5.74) is 2.18. The maximum absolute atomic E-state index is 5.73. The summed E-state index contributed by atoms with van der Waals surface area (Å²) in [6.45, 7) is 2.36. The second-order valence-electron chi connectivity index (χ2n) is 4.78. The van der Waals surface area contributed by atoms with Crippen molar-refractivity contribution in [2.45, 2.75) is 20.0 Å². The molecule has 0 bridgehead atoms. The quantitative estimate of drug-likeness (QED) is 0.666. The highest BCUT2D eigenvalue weighted by Gasteiger charge is 2.10. The molecule has 0 saturated carbocycles. The van der Waals surface area contributed by atoms with Crippen molar-refractivity contribution in [1.29, 1.82) is 0 Å². The summed E-state index contributed by atoms with van der Waals surface area (Å²) in [6.07, 6.45) is 0.989. The fourth-order valence-electron chi connectivity index (χ4n) is 2.04. The molecule has 0 amide bonds. The number of hydrogen-bond donors (Lipinski definition) is 0. The van der Waals surface area contributed by atoms with Crippen LogP contribution in [0.2, 0.25) is 0 Å². The Labute approximate surface area is 137 Å². The van der Waals surface area contributed by atoms with E-state index in [9.17, 15) is 0 Å². The Morgan fingerprint density at radius 1 is 1.14 bits per heavy atom. The minimum Gasteiger partial charge on any atom is -0.483 e. The maximum Gasteiger partial charge on any atom is 0.264 e. The lowest BCUT2D eigenvalue weighted by molar-refractivity contribution is 0.241. The van der Waals surface area contributed by atoms with Gasteiger partial charge in [0.15, 0.2) is 6.61 Å². The van der Waals surface area contributed by atoms with E-state index < -0.39 is 0 Å². The Bertz CT molecular complexity index is 756. The summed E-state index contributed by atoms with van der Waals surface area (Å²) < 4.78 is 11.9. The summed E-state index contributed by atoms with van der Waals surface area (Å²) in [5, 5.41) is 3.97. The second-order valence-corrected chi connectivity index (χ2v) is 5.64. The Hall–Kier alpha value is -2.14. The Balaban J connectivity index is 1.69. The monoisotopic (exact) mass is 358 g/mol. The standard InChI is InChI=1S/C17H15BrN2O2/c1-2-12-8-9-15(14(18)10-12)21-11-16-19-17(20-22-16)13-6-4-3-5-7-13/h3-10H,2,11H2,1H3. The van der Waals surface area contributed by atoms with Crippen LogP contribution in [0.3, 0.4) is 0 Å². The fourth-order valence-corrected chi connectivity index (χ4v) is 2.58. The van der Waals surface area contributed by atoms with Crippen LogP contribution in [0.5, 0.6) is 5.75 Å². The van der Waals surface area contributed by atoms with Gasteiger partial charge >= 0.3 is 0 Å². The van der Waals surface area contributed by atoms with Gasteiger partial charge in [0.25, 0.3) is 5.89 Å². The van der Waals surface area contributed by atoms with E-state index in [1.807, 2.05) is 42.5 Å². The van der Waals surface area contributed by atoms with Gasteiger partial charge in [0, 0.05) is 5.56 Å². The predicted octanol–water partition coefficient (Wildman–Crippen LogP) is 4.64. The molecular formula is C17H15BrN2O2. The highest BCUT2D eigenvalue weighted by molar-refractivity contribution is 9.10.